The average molecular weight is 219 g/mol. The summed E-state index contributed by atoms with van der Waals surface area (Å²) in [6, 6.07) is 5.99. The van der Waals surface area contributed by atoms with Gasteiger partial charge in [0.15, 0.2) is 0 Å². The van der Waals surface area contributed by atoms with Crippen LogP contribution >= 0.6 is 0 Å². The number of nitrogens with one attached hydrogen (secondary N) is 1. The molecule has 16 heavy (non-hydrogen) atoms. The van der Waals surface area contributed by atoms with Crippen molar-refractivity contribution < 1.29 is 0 Å². The Bertz CT molecular complexity index is 551. The molecule has 4 nitrogen and oxygen atoms in total. The van der Waals surface area contributed by atoms with Crippen LogP contribution in [-0.4, -0.2) is 16.3 Å². The fourth-order valence-corrected chi connectivity index (χ4v) is 1.97. The average Bonchev–Trinajstić information content (AvgIpc) is 2.58. The van der Waals surface area contributed by atoms with Crippen molar-refractivity contribution in [2.24, 2.45) is 5.73 Å². The molecule has 0 fully saturated rings. The Morgan fingerprint density at radius 1 is 1.44 bits per heavy atom. The number of nitrogens with zero attached hydrogens (tertiary/aromatic N) is 1. The zero-order chi connectivity index (χ0) is 11.7. The van der Waals surface area contributed by atoms with Gasteiger partial charge in [-0.2, -0.15) is 0 Å². The summed E-state index contributed by atoms with van der Waals surface area (Å²) >= 11 is 0. The number of H-pyrrole nitrogens is 1. The predicted molar refractivity (Wildman–Crippen MR) is 65.7 cm³/mol. The second kappa shape index (κ2) is 4.14. The van der Waals surface area contributed by atoms with Crippen LogP contribution in [0.25, 0.3) is 10.9 Å². The fraction of sp³-hybridized carbons (Fsp3) is 0.417. The quantitative estimate of drug-likeness (QED) is 0.819. The molecule has 0 aliphatic carbocycles. The van der Waals surface area contributed by atoms with E-state index in [1.807, 2.05) is 32.0 Å². The molecule has 2 aromatic rings. The van der Waals surface area contributed by atoms with Crippen molar-refractivity contribution in [2.75, 3.05) is 6.54 Å². The molecule has 1 aromatic heterocycles. The lowest BCUT2D eigenvalue weighted by Crippen LogP contribution is -2.19. The summed E-state index contributed by atoms with van der Waals surface area (Å²) in [6.45, 7) is 4.53. The van der Waals surface area contributed by atoms with Gasteiger partial charge in [0.1, 0.15) is 0 Å². The molecule has 1 aromatic carbocycles. The molecule has 0 aliphatic heterocycles. The van der Waals surface area contributed by atoms with E-state index in [1.165, 1.54) is 0 Å². The molecular formula is C12H17N3O. The number of fused-ring (bicyclic) bond motifs is 1. The lowest BCUT2D eigenvalue weighted by molar-refractivity contribution is 0.522. The van der Waals surface area contributed by atoms with Crippen molar-refractivity contribution in [3.05, 3.63) is 34.1 Å². The molecule has 1 heterocycles. The summed E-state index contributed by atoms with van der Waals surface area (Å²) in [6.07, 6.45) is 0.739. The maximum absolute atomic E-state index is 12.2. The third-order valence-corrected chi connectivity index (χ3v) is 2.75. The summed E-state index contributed by atoms with van der Waals surface area (Å²) in [5.74, 6) is 0. The monoisotopic (exact) mass is 219 g/mol. The molecule has 0 saturated carbocycles. The molecular weight excluding hydrogens is 202 g/mol. The van der Waals surface area contributed by atoms with Crippen molar-refractivity contribution in [1.29, 1.82) is 0 Å². The first kappa shape index (κ1) is 11.0. The van der Waals surface area contributed by atoms with Crippen molar-refractivity contribution in [2.45, 2.75) is 26.3 Å². The van der Waals surface area contributed by atoms with Gasteiger partial charge in [-0.1, -0.05) is 12.1 Å². The fourth-order valence-electron chi connectivity index (χ4n) is 1.97. The van der Waals surface area contributed by atoms with E-state index in [1.54, 1.807) is 4.68 Å². The van der Waals surface area contributed by atoms with E-state index >= 15 is 0 Å². The van der Waals surface area contributed by atoms with E-state index in [4.69, 9.17) is 5.73 Å². The zero-order valence-corrected chi connectivity index (χ0v) is 9.66. The minimum absolute atomic E-state index is 0.0500. The second-order valence-electron chi connectivity index (χ2n) is 4.26. The van der Waals surface area contributed by atoms with Gasteiger partial charge in [-0.05, 0) is 38.4 Å². The summed E-state index contributed by atoms with van der Waals surface area (Å²) < 4.78 is 1.66. The first-order chi connectivity index (χ1) is 7.65. The Hall–Kier alpha value is -1.55. The summed E-state index contributed by atoms with van der Waals surface area (Å²) in [4.78, 5) is 12.2. The smallest absolute Gasteiger partial charge is 0.274 e. The molecule has 86 valence electrons. The lowest BCUT2D eigenvalue weighted by Gasteiger charge is -2.03. The van der Waals surface area contributed by atoms with Crippen LogP contribution in [0.15, 0.2) is 23.0 Å². The normalized spacial score (nSPS) is 11.5. The molecule has 0 saturated heterocycles. The molecule has 0 aliphatic rings. The van der Waals surface area contributed by atoms with Gasteiger partial charge in [0.25, 0.3) is 5.56 Å². The maximum Gasteiger partial charge on any atom is 0.274 e. The zero-order valence-electron chi connectivity index (χ0n) is 9.66. The number of nitrogens with two attached hydrogens (primary N) is 1. The number of hydrogen-bond donors (Lipinski definition) is 2. The number of rotatable bonds is 3. The molecule has 0 unspecified atom stereocenters. The van der Waals surface area contributed by atoms with Gasteiger partial charge in [0.2, 0.25) is 0 Å². The first-order valence-electron chi connectivity index (χ1n) is 5.57. The largest absolute Gasteiger partial charge is 0.330 e. The standard InChI is InChI=1S/C12H17N3O/c1-8(2)15-12(16)11-9(6-7-13)4-3-5-10(11)14-15/h3-5,8,14H,6-7,13H2,1-2H3. The second-order valence-corrected chi connectivity index (χ2v) is 4.26. The Kier molecular flexibility index (Phi) is 2.83. The molecule has 0 spiro atoms. The lowest BCUT2D eigenvalue weighted by atomic mass is 10.1. The number of aromatic nitrogens is 2. The predicted octanol–water partition coefficient (Wildman–Crippen LogP) is 1.41. The molecule has 0 bridgehead atoms. The molecule has 0 radical (unpaired) electrons. The van der Waals surface area contributed by atoms with Gasteiger partial charge < -0.3 is 5.73 Å². The molecule has 0 amide bonds. The summed E-state index contributed by atoms with van der Waals surface area (Å²) in [5, 5.41) is 3.90. The van der Waals surface area contributed by atoms with E-state index in [0.717, 1.165) is 22.9 Å². The minimum Gasteiger partial charge on any atom is -0.330 e. The molecule has 2 rings (SSSR count). The molecule has 4 heteroatoms. The summed E-state index contributed by atoms with van der Waals surface area (Å²) in [7, 11) is 0. The van der Waals surface area contributed by atoms with Crippen LogP contribution in [0.3, 0.4) is 0 Å². The Morgan fingerprint density at radius 2 is 2.19 bits per heavy atom. The van der Waals surface area contributed by atoms with Crippen molar-refractivity contribution in [1.82, 2.24) is 9.78 Å². The summed E-state index contributed by atoms with van der Waals surface area (Å²) in [5.41, 5.74) is 7.52. The number of hydrogen-bond acceptors (Lipinski definition) is 2. The van der Waals surface area contributed by atoms with Gasteiger partial charge in [0.05, 0.1) is 10.9 Å². The topological polar surface area (TPSA) is 63.8 Å². The van der Waals surface area contributed by atoms with Gasteiger partial charge in [-0.15, -0.1) is 0 Å². The van der Waals surface area contributed by atoms with Crippen LogP contribution in [0.2, 0.25) is 0 Å². The van der Waals surface area contributed by atoms with E-state index < -0.39 is 0 Å². The van der Waals surface area contributed by atoms with Gasteiger partial charge in [-0.25, -0.2) is 4.68 Å². The van der Waals surface area contributed by atoms with Crippen LogP contribution in [0, 0.1) is 0 Å². The highest BCUT2D eigenvalue weighted by Gasteiger charge is 2.11. The molecule has 3 N–H and O–H groups in total. The third kappa shape index (κ3) is 1.65. The van der Waals surface area contributed by atoms with Crippen LogP contribution in [0.1, 0.15) is 25.5 Å². The van der Waals surface area contributed by atoms with Crippen LogP contribution in [0.4, 0.5) is 0 Å². The Balaban J connectivity index is 2.72. The Morgan fingerprint density at radius 3 is 2.81 bits per heavy atom. The highest BCUT2D eigenvalue weighted by atomic mass is 16.1. The van der Waals surface area contributed by atoms with Crippen molar-refractivity contribution >= 4 is 10.9 Å². The Labute approximate surface area is 94.0 Å². The highest BCUT2D eigenvalue weighted by Crippen LogP contribution is 2.15. The molecule has 0 atom stereocenters. The van der Waals surface area contributed by atoms with E-state index in [-0.39, 0.29) is 11.6 Å². The van der Waals surface area contributed by atoms with E-state index in [0.29, 0.717) is 6.54 Å². The van der Waals surface area contributed by atoms with Gasteiger partial charge in [0, 0.05) is 6.04 Å². The first-order valence-corrected chi connectivity index (χ1v) is 5.57. The van der Waals surface area contributed by atoms with Gasteiger partial charge >= 0.3 is 0 Å². The number of benzene rings is 1. The van der Waals surface area contributed by atoms with Crippen LogP contribution in [0.5, 0.6) is 0 Å². The van der Waals surface area contributed by atoms with Crippen molar-refractivity contribution in [3.8, 4) is 0 Å². The highest BCUT2D eigenvalue weighted by molar-refractivity contribution is 5.81. The van der Waals surface area contributed by atoms with E-state index in [2.05, 4.69) is 5.10 Å². The van der Waals surface area contributed by atoms with Gasteiger partial charge in [-0.3, -0.25) is 9.89 Å². The maximum atomic E-state index is 12.2. The van der Waals surface area contributed by atoms with Crippen molar-refractivity contribution in [3.63, 3.8) is 0 Å². The SMILES string of the molecule is CC(C)n1[nH]c2cccc(CCN)c2c1=O. The third-order valence-electron chi connectivity index (χ3n) is 2.75. The van der Waals surface area contributed by atoms with E-state index in [9.17, 15) is 4.79 Å². The number of aromatic amines is 1. The van der Waals surface area contributed by atoms with Crippen LogP contribution in [-0.2, 0) is 6.42 Å². The van der Waals surface area contributed by atoms with Crippen LogP contribution < -0.4 is 11.3 Å². The minimum atomic E-state index is 0.0500.